The fourth-order valence-corrected chi connectivity index (χ4v) is 2.51. The van der Waals surface area contributed by atoms with Crippen LogP contribution in [0.25, 0.3) is 5.52 Å². The Balaban J connectivity index is 2.04. The molecule has 5 heteroatoms. The van der Waals surface area contributed by atoms with Crippen molar-refractivity contribution < 1.29 is 14.3 Å². The van der Waals surface area contributed by atoms with Crippen molar-refractivity contribution in [1.29, 1.82) is 0 Å². The van der Waals surface area contributed by atoms with Gasteiger partial charge in [-0.3, -0.25) is 0 Å². The molecule has 0 saturated heterocycles. The number of esters is 1. The number of hydrogen-bond donors (Lipinski definition) is 0. The van der Waals surface area contributed by atoms with Gasteiger partial charge in [-0.25, -0.2) is 9.78 Å². The predicted molar refractivity (Wildman–Crippen MR) is 82.3 cm³/mol. The zero-order chi connectivity index (χ0) is 15.5. The van der Waals surface area contributed by atoms with Crippen molar-refractivity contribution in [2.24, 2.45) is 0 Å². The van der Waals surface area contributed by atoms with Crippen molar-refractivity contribution >= 4 is 11.5 Å². The molecule has 22 heavy (non-hydrogen) atoms. The fourth-order valence-electron chi connectivity index (χ4n) is 2.51. The summed E-state index contributed by atoms with van der Waals surface area (Å²) < 4.78 is 12.1. The first-order valence-corrected chi connectivity index (χ1v) is 6.89. The van der Waals surface area contributed by atoms with Crippen LogP contribution >= 0.6 is 0 Å². The van der Waals surface area contributed by atoms with E-state index in [1.54, 1.807) is 19.4 Å². The summed E-state index contributed by atoms with van der Waals surface area (Å²) in [7, 11) is 3.02. The molecule has 0 fully saturated rings. The second-order valence-corrected chi connectivity index (χ2v) is 4.83. The molecule has 0 atom stereocenters. The predicted octanol–water partition coefficient (Wildman–Crippen LogP) is 2.72. The van der Waals surface area contributed by atoms with Crippen LogP contribution < -0.4 is 4.74 Å². The lowest BCUT2D eigenvalue weighted by atomic mass is 10.1. The summed E-state index contributed by atoms with van der Waals surface area (Å²) in [5.41, 5.74) is 2.28. The normalized spacial score (nSPS) is 10.6. The Bertz CT molecular complexity index is 824. The molecule has 0 aliphatic carbocycles. The van der Waals surface area contributed by atoms with Crippen molar-refractivity contribution in [3.8, 4) is 5.75 Å². The van der Waals surface area contributed by atoms with Crippen LogP contribution in [0.15, 0.2) is 48.8 Å². The highest BCUT2D eigenvalue weighted by molar-refractivity contribution is 5.96. The number of ether oxygens (including phenoxy) is 2. The van der Waals surface area contributed by atoms with Gasteiger partial charge in [0.2, 0.25) is 0 Å². The number of aromatic nitrogens is 2. The Hall–Kier alpha value is -2.82. The smallest absolute Gasteiger partial charge is 0.340 e. The number of methoxy groups -OCH3 is 2. The minimum Gasteiger partial charge on any atom is -0.496 e. The van der Waals surface area contributed by atoms with E-state index < -0.39 is 0 Å². The second-order valence-electron chi connectivity index (χ2n) is 4.83. The van der Waals surface area contributed by atoms with E-state index in [9.17, 15) is 4.79 Å². The third-order valence-electron chi connectivity index (χ3n) is 3.59. The zero-order valence-electron chi connectivity index (χ0n) is 12.4. The Morgan fingerprint density at radius 1 is 1.18 bits per heavy atom. The summed E-state index contributed by atoms with van der Waals surface area (Å²) >= 11 is 0. The molecule has 1 aromatic carbocycles. The van der Waals surface area contributed by atoms with Crippen LogP contribution in [-0.2, 0) is 11.2 Å². The van der Waals surface area contributed by atoms with Gasteiger partial charge in [-0.05, 0) is 18.2 Å². The van der Waals surface area contributed by atoms with Gasteiger partial charge in [-0.2, -0.15) is 0 Å². The first-order valence-electron chi connectivity index (χ1n) is 6.89. The van der Waals surface area contributed by atoms with Crippen LogP contribution in [0.4, 0.5) is 0 Å². The summed E-state index contributed by atoms with van der Waals surface area (Å²) in [6.07, 6.45) is 4.19. The molecule has 112 valence electrons. The van der Waals surface area contributed by atoms with Gasteiger partial charge in [0.1, 0.15) is 11.6 Å². The third-order valence-corrected chi connectivity index (χ3v) is 3.59. The van der Waals surface area contributed by atoms with E-state index in [0.717, 1.165) is 22.7 Å². The Kier molecular flexibility index (Phi) is 3.78. The highest BCUT2D eigenvalue weighted by Gasteiger charge is 2.14. The molecule has 0 unspecified atom stereocenters. The SMILES string of the molecule is COC(=O)c1cccn2c(Cc3ccccc3OC)ncc12. The number of imidazole rings is 1. The van der Waals surface area contributed by atoms with Crippen LogP contribution in [0.2, 0.25) is 0 Å². The van der Waals surface area contributed by atoms with Gasteiger partial charge in [0.25, 0.3) is 0 Å². The summed E-state index contributed by atoms with van der Waals surface area (Å²) in [5, 5.41) is 0. The van der Waals surface area contributed by atoms with Crippen LogP contribution in [0, 0.1) is 0 Å². The molecular weight excluding hydrogens is 280 g/mol. The van der Waals surface area contributed by atoms with Gasteiger partial charge in [-0.15, -0.1) is 0 Å². The Morgan fingerprint density at radius 3 is 2.77 bits per heavy atom. The van der Waals surface area contributed by atoms with Crippen molar-refractivity contribution in [2.45, 2.75) is 6.42 Å². The van der Waals surface area contributed by atoms with Crippen LogP contribution in [0.5, 0.6) is 5.75 Å². The van der Waals surface area contributed by atoms with E-state index in [4.69, 9.17) is 9.47 Å². The van der Waals surface area contributed by atoms with Gasteiger partial charge in [0, 0.05) is 18.2 Å². The van der Waals surface area contributed by atoms with E-state index in [0.29, 0.717) is 12.0 Å². The largest absolute Gasteiger partial charge is 0.496 e. The van der Waals surface area contributed by atoms with Crippen molar-refractivity contribution in [1.82, 2.24) is 9.38 Å². The number of para-hydroxylation sites is 1. The van der Waals surface area contributed by atoms with E-state index in [-0.39, 0.29) is 5.97 Å². The second kappa shape index (κ2) is 5.89. The lowest BCUT2D eigenvalue weighted by Gasteiger charge is -2.08. The third kappa shape index (κ3) is 2.41. The summed E-state index contributed by atoms with van der Waals surface area (Å²) in [6, 6.07) is 11.4. The molecule has 5 nitrogen and oxygen atoms in total. The molecule has 0 spiro atoms. The molecule has 0 aliphatic heterocycles. The number of benzene rings is 1. The zero-order valence-corrected chi connectivity index (χ0v) is 12.4. The summed E-state index contributed by atoms with van der Waals surface area (Å²) in [5.74, 6) is 1.29. The number of carbonyl (C=O) groups is 1. The van der Waals surface area contributed by atoms with E-state index in [2.05, 4.69) is 4.98 Å². The van der Waals surface area contributed by atoms with Gasteiger partial charge in [0.15, 0.2) is 0 Å². The maximum Gasteiger partial charge on any atom is 0.340 e. The van der Waals surface area contributed by atoms with Crippen molar-refractivity contribution in [2.75, 3.05) is 14.2 Å². The number of hydrogen-bond acceptors (Lipinski definition) is 4. The number of rotatable bonds is 4. The standard InChI is InChI=1S/C17H16N2O3/c1-21-15-8-4-3-6-12(15)10-16-18-11-14-13(17(20)22-2)7-5-9-19(14)16/h3-9,11H,10H2,1-2H3. The molecule has 2 heterocycles. The Morgan fingerprint density at radius 2 is 2.00 bits per heavy atom. The number of nitrogens with zero attached hydrogens (tertiary/aromatic N) is 2. The lowest BCUT2D eigenvalue weighted by molar-refractivity contribution is 0.0602. The maximum absolute atomic E-state index is 11.8. The molecule has 0 radical (unpaired) electrons. The molecule has 0 aliphatic rings. The van der Waals surface area contributed by atoms with Crippen molar-refractivity contribution in [3.63, 3.8) is 0 Å². The molecule has 0 bridgehead atoms. The van der Waals surface area contributed by atoms with Gasteiger partial charge in [0.05, 0.1) is 31.5 Å². The van der Waals surface area contributed by atoms with E-state index >= 15 is 0 Å². The lowest BCUT2D eigenvalue weighted by Crippen LogP contribution is -2.04. The Labute approximate surface area is 128 Å². The molecule has 0 N–H and O–H groups in total. The van der Waals surface area contributed by atoms with Crippen LogP contribution in [-0.4, -0.2) is 29.6 Å². The van der Waals surface area contributed by atoms with E-state index in [1.165, 1.54) is 7.11 Å². The molecule has 3 aromatic rings. The van der Waals surface area contributed by atoms with Crippen LogP contribution in [0.3, 0.4) is 0 Å². The average molecular weight is 296 g/mol. The number of carbonyl (C=O) groups excluding carboxylic acids is 1. The average Bonchev–Trinajstić information content (AvgIpc) is 2.97. The number of pyridine rings is 1. The fraction of sp³-hybridized carbons (Fsp3) is 0.176. The molecule has 0 saturated carbocycles. The maximum atomic E-state index is 11.8. The molecule has 0 amide bonds. The highest BCUT2D eigenvalue weighted by atomic mass is 16.5. The van der Waals surface area contributed by atoms with Gasteiger partial charge < -0.3 is 13.9 Å². The molecular formula is C17H16N2O3. The van der Waals surface area contributed by atoms with Crippen LogP contribution in [0.1, 0.15) is 21.7 Å². The quantitative estimate of drug-likeness (QED) is 0.695. The van der Waals surface area contributed by atoms with Gasteiger partial charge >= 0.3 is 5.97 Å². The highest BCUT2D eigenvalue weighted by Crippen LogP contribution is 2.22. The van der Waals surface area contributed by atoms with E-state index in [1.807, 2.05) is 40.9 Å². The van der Waals surface area contributed by atoms with Gasteiger partial charge in [-0.1, -0.05) is 18.2 Å². The molecule has 3 rings (SSSR count). The topological polar surface area (TPSA) is 52.8 Å². The minimum absolute atomic E-state index is 0.366. The summed E-state index contributed by atoms with van der Waals surface area (Å²) in [4.78, 5) is 16.3. The van der Waals surface area contributed by atoms with Crippen molar-refractivity contribution in [3.05, 3.63) is 65.7 Å². The minimum atomic E-state index is -0.366. The summed E-state index contributed by atoms with van der Waals surface area (Å²) in [6.45, 7) is 0. The monoisotopic (exact) mass is 296 g/mol. The first kappa shape index (κ1) is 14.1. The molecule has 2 aromatic heterocycles. The first-order chi connectivity index (χ1) is 10.7. The number of fused-ring (bicyclic) bond motifs is 1.